The SMILES string of the molecule is CNCCCNS(=O)(=O)c1cccnc1. The van der Waals surface area contributed by atoms with Crippen molar-refractivity contribution in [2.45, 2.75) is 11.3 Å². The Balaban J connectivity index is 2.53. The van der Waals surface area contributed by atoms with Gasteiger partial charge in [-0.3, -0.25) is 4.98 Å². The van der Waals surface area contributed by atoms with Gasteiger partial charge >= 0.3 is 0 Å². The number of nitrogens with one attached hydrogen (secondary N) is 2. The molecule has 0 aliphatic heterocycles. The lowest BCUT2D eigenvalue weighted by atomic mass is 10.4. The molecule has 0 aromatic carbocycles. The van der Waals surface area contributed by atoms with Gasteiger partial charge < -0.3 is 5.32 Å². The molecule has 0 radical (unpaired) electrons. The van der Waals surface area contributed by atoms with Gasteiger partial charge in [0.15, 0.2) is 0 Å². The second kappa shape index (κ2) is 5.79. The molecular formula is C9H15N3O2S. The summed E-state index contributed by atoms with van der Waals surface area (Å²) in [5.41, 5.74) is 0. The number of sulfonamides is 1. The van der Waals surface area contributed by atoms with E-state index in [0.29, 0.717) is 6.54 Å². The van der Waals surface area contributed by atoms with E-state index in [9.17, 15) is 8.42 Å². The summed E-state index contributed by atoms with van der Waals surface area (Å²) in [5, 5.41) is 2.95. The maximum absolute atomic E-state index is 11.6. The van der Waals surface area contributed by atoms with E-state index in [-0.39, 0.29) is 4.90 Å². The van der Waals surface area contributed by atoms with Gasteiger partial charge in [-0.1, -0.05) is 0 Å². The van der Waals surface area contributed by atoms with Gasteiger partial charge in [0.25, 0.3) is 0 Å². The molecule has 0 fully saturated rings. The van der Waals surface area contributed by atoms with Crippen LogP contribution in [0.1, 0.15) is 6.42 Å². The minimum atomic E-state index is -3.38. The highest BCUT2D eigenvalue weighted by Gasteiger charge is 2.12. The first kappa shape index (κ1) is 12.1. The van der Waals surface area contributed by atoms with Crippen molar-refractivity contribution in [3.05, 3.63) is 24.5 Å². The molecule has 1 aromatic heterocycles. The minimum Gasteiger partial charge on any atom is -0.320 e. The Morgan fingerprint density at radius 2 is 2.20 bits per heavy atom. The molecule has 0 unspecified atom stereocenters. The van der Waals surface area contributed by atoms with E-state index in [4.69, 9.17) is 0 Å². The summed E-state index contributed by atoms with van der Waals surface area (Å²) in [5.74, 6) is 0. The Kier molecular flexibility index (Phi) is 4.67. The van der Waals surface area contributed by atoms with Crippen LogP contribution in [0.25, 0.3) is 0 Å². The van der Waals surface area contributed by atoms with Gasteiger partial charge in [0.05, 0.1) is 0 Å². The van der Waals surface area contributed by atoms with Crippen LogP contribution in [0.5, 0.6) is 0 Å². The largest absolute Gasteiger partial charge is 0.320 e. The number of pyridine rings is 1. The monoisotopic (exact) mass is 229 g/mol. The summed E-state index contributed by atoms with van der Waals surface area (Å²) in [7, 11) is -1.55. The van der Waals surface area contributed by atoms with E-state index in [0.717, 1.165) is 13.0 Å². The highest BCUT2D eigenvalue weighted by atomic mass is 32.2. The van der Waals surface area contributed by atoms with Crippen molar-refractivity contribution in [2.24, 2.45) is 0 Å². The summed E-state index contributed by atoms with van der Waals surface area (Å²) in [4.78, 5) is 3.97. The molecule has 1 rings (SSSR count). The fraction of sp³-hybridized carbons (Fsp3) is 0.444. The zero-order valence-electron chi connectivity index (χ0n) is 8.60. The van der Waals surface area contributed by atoms with Crippen LogP contribution in [-0.2, 0) is 10.0 Å². The third kappa shape index (κ3) is 3.94. The molecule has 15 heavy (non-hydrogen) atoms. The van der Waals surface area contributed by atoms with Crippen LogP contribution in [0.2, 0.25) is 0 Å². The molecule has 6 heteroatoms. The van der Waals surface area contributed by atoms with Crippen LogP contribution in [0.15, 0.2) is 29.4 Å². The lowest BCUT2D eigenvalue weighted by Crippen LogP contribution is -2.26. The summed E-state index contributed by atoms with van der Waals surface area (Å²) in [6.45, 7) is 1.22. The summed E-state index contributed by atoms with van der Waals surface area (Å²) >= 11 is 0. The molecule has 0 aliphatic rings. The zero-order valence-corrected chi connectivity index (χ0v) is 9.42. The van der Waals surface area contributed by atoms with Gasteiger partial charge in [-0.25, -0.2) is 13.1 Å². The highest BCUT2D eigenvalue weighted by Crippen LogP contribution is 2.04. The summed E-state index contributed by atoms with van der Waals surface area (Å²) in [6, 6.07) is 3.12. The van der Waals surface area contributed by atoms with Crippen molar-refractivity contribution in [1.82, 2.24) is 15.0 Å². The van der Waals surface area contributed by atoms with E-state index in [2.05, 4.69) is 15.0 Å². The fourth-order valence-corrected chi connectivity index (χ4v) is 2.10. The van der Waals surface area contributed by atoms with Crippen molar-refractivity contribution < 1.29 is 8.42 Å². The number of nitrogens with zero attached hydrogens (tertiary/aromatic N) is 1. The van der Waals surface area contributed by atoms with Crippen molar-refractivity contribution in [3.8, 4) is 0 Å². The van der Waals surface area contributed by atoms with Gasteiger partial charge in [0.1, 0.15) is 4.90 Å². The molecule has 1 heterocycles. The molecule has 0 bridgehead atoms. The lowest BCUT2D eigenvalue weighted by Gasteiger charge is -2.05. The van der Waals surface area contributed by atoms with Crippen molar-refractivity contribution in [1.29, 1.82) is 0 Å². The van der Waals surface area contributed by atoms with Crippen LogP contribution in [0.3, 0.4) is 0 Å². The quantitative estimate of drug-likeness (QED) is 0.672. The van der Waals surface area contributed by atoms with E-state index in [1.165, 1.54) is 12.3 Å². The van der Waals surface area contributed by atoms with Crippen LogP contribution < -0.4 is 10.0 Å². The van der Waals surface area contributed by atoms with Crippen LogP contribution in [-0.4, -0.2) is 33.5 Å². The lowest BCUT2D eigenvalue weighted by molar-refractivity contribution is 0.577. The molecule has 0 aliphatic carbocycles. The molecule has 84 valence electrons. The van der Waals surface area contributed by atoms with E-state index in [1.807, 2.05) is 7.05 Å². The third-order valence-corrected chi connectivity index (χ3v) is 3.29. The Morgan fingerprint density at radius 1 is 1.40 bits per heavy atom. The molecule has 0 saturated carbocycles. The number of hydrogen-bond acceptors (Lipinski definition) is 4. The maximum atomic E-state index is 11.6. The molecule has 0 atom stereocenters. The number of rotatable bonds is 6. The van der Waals surface area contributed by atoms with Gasteiger partial charge in [0.2, 0.25) is 10.0 Å². The molecule has 5 nitrogen and oxygen atoms in total. The fourth-order valence-electron chi connectivity index (χ4n) is 1.06. The van der Waals surface area contributed by atoms with Gasteiger partial charge in [0, 0.05) is 18.9 Å². The van der Waals surface area contributed by atoms with Crippen LogP contribution in [0.4, 0.5) is 0 Å². The Hall–Kier alpha value is -0.980. The number of hydrogen-bond donors (Lipinski definition) is 2. The van der Waals surface area contributed by atoms with E-state index < -0.39 is 10.0 Å². The minimum absolute atomic E-state index is 0.203. The molecule has 0 spiro atoms. The van der Waals surface area contributed by atoms with Crippen molar-refractivity contribution >= 4 is 10.0 Å². The van der Waals surface area contributed by atoms with Crippen molar-refractivity contribution in [2.75, 3.05) is 20.1 Å². The Bertz CT molecular complexity index is 378. The molecule has 1 aromatic rings. The Labute approximate surface area is 90.0 Å². The highest BCUT2D eigenvalue weighted by molar-refractivity contribution is 7.89. The van der Waals surface area contributed by atoms with E-state index >= 15 is 0 Å². The predicted octanol–water partition coefficient (Wildman–Crippen LogP) is -0.0306. The first-order valence-corrected chi connectivity index (χ1v) is 6.19. The average Bonchev–Trinajstić information content (AvgIpc) is 2.26. The summed E-state index contributed by atoms with van der Waals surface area (Å²) in [6.07, 6.45) is 3.64. The predicted molar refractivity (Wildman–Crippen MR) is 58.0 cm³/mol. The van der Waals surface area contributed by atoms with Gasteiger partial charge in [-0.15, -0.1) is 0 Å². The van der Waals surface area contributed by atoms with Crippen LogP contribution in [0, 0.1) is 0 Å². The topological polar surface area (TPSA) is 71.1 Å². The Morgan fingerprint density at radius 3 is 2.80 bits per heavy atom. The van der Waals surface area contributed by atoms with Crippen molar-refractivity contribution in [3.63, 3.8) is 0 Å². The average molecular weight is 229 g/mol. The summed E-state index contributed by atoms with van der Waals surface area (Å²) < 4.78 is 25.7. The second-order valence-electron chi connectivity index (χ2n) is 3.04. The second-order valence-corrected chi connectivity index (χ2v) is 4.81. The number of aromatic nitrogens is 1. The smallest absolute Gasteiger partial charge is 0.242 e. The first-order chi connectivity index (χ1) is 7.17. The molecule has 0 amide bonds. The zero-order chi connectivity index (χ0) is 11.1. The maximum Gasteiger partial charge on any atom is 0.242 e. The van der Waals surface area contributed by atoms with Gasteiger partial charge in [-0.05, 0) is 32.1 Å². The molecule has 0 saturated heterocycles. The molecular weight excluding hydrogens is 214 g/mol. The van der Waals surface area contributed by atoms with Crippen LogP contribution >= 0.6 is 0 Å². The van der Waals surface area contributed by atoms with Gasteiger partial charge in [-0.2, -0.15) is 0 Å². The first-order valence-electron chi connectivity index (χ1n) is 4.71. The standard InChI is InChI=1S/C9H15N3O2S/c1-10-5-3-7-12-15(13,14)9-4-2-6-11-8-9/h2,4,6,8,10,12H,3,5,7H2,1H3. The third-order valence-electron chi connectivity index (χ3n) is 1.84. The molecule has 2 N–H and O–H groups in total. The van der Waals surface area contributed by atoms with E-state index in [1.54, 1.807) is 12.3 Å². The normalized spacial score (nSPS) is 11.5.